The van der Waals surface area contributed by atoms with Crippen molar-refractivity contribution in [1.82, 2.24) is 14.3 Å². The predicted molar refractivity (Wildman–Crippen MR) is 149 cm³/mol. The number of ether oxygens (including phenoxy) is 2. The lowest BCUT2D eigenvalue weighted by Crippen LogP contribution is -2.43. The fourth-order valence-corrected chi connectivity index (χ4v) is 4.64. The molecule has 0 aliphatic rings. The van der Waals surface area contributed by atoms with E-state index in [4.69, 9.17) is 9.47 Å². The van der Waals surface area contributed by atoms with Gasteiger partial charge in [-0.15, -0.1) is 16.9 Å². The summed E-state index contributed by atoms with van der Waals surface area (Å²) < 4.78 is 13.5. The minimum absolute atomic E-state index is 0.161. The first-order valence-electron chi connectivity index (χ1n) is 13.2. The van der Waals surface area contributed by atoms with Crippen molar-refractivity contribution in [2.45, 2.75) is 75.9 Å². The van der Waals surface area contributed by atoms with Gasteiger partial charge in [0.05, 0.1) is 6.61 Å². The van der Waals surface area contributed by atoms with Crippen molar-refractivity contribution in [2.75, 3.05) is 31.2 Å². The number of esters is 1. The number of benzene rings is 1. The third kappa shape index (κ3) is 10.3. The lowest BCUT2D eigenvalue weighted by atomic mass is 10.1. The molecule has 2 rings (SSSR count). The Morgan fingerprint density at radius 3 is 2.38 bits per heavy atom. The molecule has 1 atom stereocenters. The molecule has 1 unspecified atom stereocenters. The molecule has 0 bridgehead atoms. The summed E-state index contributed by atoms with van der Waals surface area (Å²) in [6.45, 7) is 8.20. The highest BCUT2D eigenvalue weighted by molar-refractivity contribution is 8.00. The number of aryl methyl sites for hydroxylation is 1. The fraction of sp³-hybridized carbons (Fsp3) is 0.630. The third-order valence-corrected chi connectivity index (χ3v) is 6.99. The maximum atomic E-state index is 12.8. The zero-order valence-electron chi connectivity index (χ0n) is 22.9. The summed E-state index contributed by atoms with van der Waals surface area (Å²) in [5.74, 6) is 0.899. The second-order valence-electron chi connectivity index (χ2n) is 9.13. The number of anilines is 1. The maximum absolute atomic E-state index is 12.8. The Kier molecular flexibility index (Phi) is 13.3. The summed E-state index contributed by atoms with van der Waals surface area (Å²) in [7, 11) is 3.05. The van der Waals surface area contributed by atoms with Crippen LogP contribution in [0.15, 0.2) is 38.8 Å². The minimum Gasteiger partial charge on any atom is -0.494 e. The summed E-state index contributed by atoms with van der Waals surface area (Å²) in [6, 6.07) is 7.86. The topological polar surface area (TPSA) is 95.7 Å². The van der Waals surface area contributed by atoms with Gasteiger partial charge in [-0.1, -0.05) is 39.5 Å². The van der Waals surface area contributed by atoms with Gasteiger partial charge in [-0.05, 0) is 44.0 Å². The Hall–Kier alpha value is -2.75. The number of nitrogens with zero attached hydrogens (tertiary/aromatic N) is 4. The number of carbonyl (C=O) groups is 1. The summed E-state index contributed by atoms with van der Waals surface area (Å²) in [5.41, 5.74) is -0.803. The molecule has 9 nitrogen and oxygen atoms in total. The van der Waals surface area contributed by atoms with Crippen LogP contribution in [0.2, 0.25) is 0 Å². The molecule has 10 heteroatoms. The molecule has 0 N–H and O–H groups in total. The van der Waals surface area contributed by atoms with E-state index in [2.05, 4.69) is 12.0 Å². The van der Waals surface area contributed by atoms with Crippen molar-refractivity contribution in [2.24, 2.45) is 14.1 Å². The van der Waals surface area contributed by atoms with E-state index in [1.807, 2.05) is 36.1 Å². The number of hydrogen-bond donors (Lipinski definition) is 0. The SMILES string of the molecule is CCCCCCCN(CCCOc1ccc(SC(C)COC(=O)CC)cc1)c1nn(C)c(=O)n(C)c1=O. The van der Waals surface area contributed by atoms with Gasteiger partial charge >= 0.3 is 11.7 Å². The van der Waals surface area contributed by atoms with E-state index in [1.54, 1.807) is 25.7 Å². The van der Waals surface area contributed by atoms with Crippen LogP contribution in [0.4, 0.5) is 5.82 Å². The van der Waals surface area contributed by atoms with Gasteiger partial charge in [-0.3, -0.25) is 14.2 Å². The van der Waals surface area contributed by atoms with E-state index in [0.717, 1.165) is 28.1 Å². The number of carbonyl (C=O) groups excluding carboxylic acids is 1. The Bertz CT molecular complexity index is 1080. The number of unbranched alkanes of at least 4 members (excludes halogenated alkanes) is 4. The van der Waals surface area contributed by atoms with E-state index in [9.17, 15) is 14.4 Å². The van der Waals surface area contributed by atoms with Gasteiger partial charge in [0.1, 0.15) is 12.4 Å². The summed E-state index contributed by atoms with van der Waals surface area (Å²) >= 11 is 1.65. The van der Waals surface area contributed by atoms with Crippen LogP contribution in [0.25, 0.3) is 0 Å². The van der Waals surface area contributed by atoms with Gasteiger partial charge in [0.2, 0.25) is 5.82 Å². The molecule has 1 heterocycles. The zero-order valence-corrected chi connectivity index (χ0v) is 23.7. The Balaban J connectivity index is 1.90. The van der Waals surface area contributed by atoms with Gasteiger partial charge in [-0.25, -0.2) is 9.48 Å². The van der Waals surface area contributed by atoms with Crippen LogP contribution in [0, 0.1) is 0 Å². The van der Waals surface area contributed by atoms with Gasteiger partial charge in [-0.2, -0.15) is 0 Å². The standard InChI is InChI=1S/C27H42N4O5S/c1-6-8-9-10-11-17-31(25-26(33)29(4)27(34)30(5)28-25)18-12-19-35-22-13-15-23(16-14-22)37-21(3)20-36-24(32)7-2/h13-16,21H,6-12,17-20H2,1-5H3. The van der Waals surface area contributed by atoms with Gasteiger partial charge in [0.15, 0.2) is 0 Å². The highest BCUT2D eigenvalue weighted by Gasteiger charge is 2.16. The van der Waals surface area contributed by atoms with Crippen LogP contribution in [0.1, 0.15) is 65.7 Å². The molecule has 0 aliphatic heterocycles. The van der Waals surface area contributed by atoms with Gasteiger partial charge < -0.3 is 14.4 Å². The van der Waals surface area contributed by atoms with Crippen molar-refractivity contribution in [3.63, 3.8) is 0 Å². The largest absolute Gasteiger partial charge is 0.494 e. The van der Waals surface area contributed by atoms with Crippen LogP contribution >= 0.6 is 11.8 Å². The van der Waals surface area contributed by atoms with E-state index < -0.39 is 5.69 Å². The molecular weight excluding hydrogens is 492 g/mol. The Labute approximate surface area is 224 Å². The van der Waals surface area contributed by atoms with Crippen molar-refractivity contribution >= 4 is 23.5 Å². The fourth-order valence-electron chi connectivity index (χ4n) is 3.75. The number of rotatable bonds is 17. The highest BCUT2D eigenvalue weighted by Crippen LogP contribution is 2.25. The van der Waals surface area contributed by atoms with Crippen molar-refractivity contribution in [1.29, 1.82) is 0 Å². The normalized spacial score (nSPS) is 11.8. The Morgan fingerprint density at radius 2 is 1.70 bits per heavy atom. The molecule has 0 radical (unpaired) electrons. The quantitative estimate of drug-likeness (QED) is 0.170. The van der Waals surface area contributed by atoms with E-state index in [-0.39, 0.29) is 16.8 Å². The van der Waals surface area contributed by atoms with Crippen LogP contribution < -0.4 is 20.9 Å². The third-order valence-electron chi connectivity index (χ3n) is 5.91. The molecular formula is C27H42N4O5S. The van der Waals surface area contributed by atoms with Crippen molar-refractivity contribution in [3.05, 3.63) is 45.1 Å². The zero-order chi connectivity index (χ0) is 27.2. The van der Waals surface area contributed by atoms with Crippen LogP contribution in [0.5, 0.6) is 5.75 Å². The molecule has 206 valence electrons. The average Bonchev–Trinajstić information content (AvgIpc) is 2.90. The average molecular weight is 535 g/mol. The summed E-state index contributed by atoms with van der Waals surface area (Å²) in [6.07, 6.45) is 6.70. The van der Waals surface area contributed by atoms with Crippen molar-refractivity contribution in [3.8, 4) is 5.75 Å². The molecule has 1 aromatic carbocycles. The lowest BCUT2D eigenvalue weighted by Gasteiger charge is -2.23. The smallest absolute Gasteiger partial charge is 0.346 e. The molecule has 0 spiro atoms. The first-order chi connectivity index (χ1) is 17.8. The summed E-state index contributed by atoms with van der Waals surface area (Å²) in [4.78, 5) is 39.2. The second kappa shape index (κ2) is 16.2. The maximum Gasteiger partial charge on any atom is 0.346 e. The van der Waals surface area contributed by atoms with Crippen molar-refractivity contribution < 1.29 is 14.3 Å². The first kappa shape index (κ1) is 30.5. The molecule has 1 aromatic heterocycles. The predicted octanol–water partition coefficient (Wildman–Crippen LogP) is 4.16. The number of aromatic nitrogens is 3. The van der Waals surface area contributed by atoms with E-state index in [0.29, 0.717) is 45.0 Å². The minimum atomic E-state index is -0.432. The number of thioether (sulfide) groups is 1. The molecule has 0 aliphatic carbocycles. The van der Waals surface area contributed by atoms with E-state index >= 15 is 0 Å². The van der Waals surface area contributed by atoms with Crippen LogP contribution in [-0.2, 0) is 23.6 Å². The van der Waals surface area contributed by atoms with Crippen LogP contribution in [0.3, 0.4) is 0 Å². The van der Waals surface area contributed by atoms with Gasteiger partial charge in [0, 0.05) is 43.8 Å². The summed E-state index contributed by atoms with van der Waals surface area (Å²) in [5, 5.41) is 4.43. The molecule has 0 fully saturated rings. The first-order valence-corrected chi connectivity index (χ1v) is 14.1. The molecule has 37 heavy (non-hydrogen) atoms. The monoisotopic (exact) mass is 534 g/mol. The highest BCUT2D eigenvalue weighted by atomic mass is 32.2. The second-order valence-corrected chi connectivity index (χ2v) is 10.6. The lowest BCUT2D eigenvalue weighted by molar-refractivity contribution is -0.143. The van der Waals surface area contributed by atoms with Gasteiger partial charge in [0.25, 0.3) is 5.56 Å². The number of hydrogen-bond acceptors (Lipinski definition) is 8. The van der Waals surface area contributed by atoms with Crippen LogP contribution in [-0.4, -0.2) is 51.9 Å². The molecule has 0 saturated heterocycles. The molecule has 0 amide bonds. The molecule has 2 aromatic rings. The van der Waals surface area contributed by atoms with E-state index in [1.165, 1.54) is 31.0 Å². The Morgan fingerprint density at radius 1 is 1.03 bits per heavy atom. The molecule has 0 saturated carbocycles.